The van der Waals surface area contributed by atoms with E-state index in [0.717, 1.165) is 6.20 Å². The molecule has 0 saturated heterocycles. The number of nitrogens with zero attached hydrogens (tertiary/aromatic N) is 4. The van der Waals surface area contributed by atoms with Crippen molar-refractivity contribution in [3.8, 4) is 0 Å². The molecule has 0 unspecified atom stereocenters. The molecule has 1 amide bonds. The summed E-state index contributed by atoms with van der Waals surface area (Å²) in [5, 5.41) is 7.09. The number of pyridine rings is 2. The van der Waals surface area contributed by atoms with Gasteiger partial charge < -0.3 is 10.2 Å². The second kappa shape index (κ2) is 11.0. The molecular weight excluding hydrogens is 409 g/mol. The number of allylic oxidation sites excluding steroid dienone is 3. The van der Waals surface area contributed by atoms with Crippen LogP contribution in [0.2, 0.25) is 0 Å². The van der Waals surface area contributed by atoms with Gasteiger partial charge in [-0.1, -0.05) is 23.7 Å². The van der Waals surface area contributed by atoms with Crippen LogP contribution in [0.1, 0.15) is 41.8 Å². The molecule has 0 aliphatic rings. The van der Waals surface area contributed by atoms with Crippen molar-refractivity contribution >= 4 is 35.8 Å². The Morgan fingerprint density at radius 1 is 1.37 bits per heavy atom. The lowest BCUT2D eigenvalue weighted by Gasteiger charge is -2.09. The number of hydrogen-bond donors (Lipinski definition) is 1. The Morgan fingerprint density at radius 3 is 2.77 bits per heavy atom. The molecule has 2 aromatic rings. The highest BCUT2D eigenvalue weighted by atomic mass is 35.5. The van der Waals surface area contributed by atoms with E-state index < -0.39 is 11.7 Å². The fourth-order valence-electron chi connectivity index (χ4n) is 2.27. The van der Waals surface area contributed by atoms with Gasteiger partial charge in [0.25, 0.3) is 5.91 Å². The van der Waals surface area contributed by atoms with Gasteiger partial charge in [0.05, 0.1) is 22.5 Å². The Bertz CT molecular complexity index is 1020. The fraction of sp³-hybridized carbons (Fsp3) is 0.190. The summed E-state index contributed by atoms with van der Waals surface area (Å²) in [6, 6.07) is 3.36. The topological polar surface area (TPSA) is 88.8 Å². The number of carbonyl (C=O) groups is 1. The van der Waals surface area contributed by atoms with E-state index in [1.165, 1.54) is 19.3 Å². The number of nitrogens with one attached hydrogen (secondary N) is 1. The van der Waals surface area contributed by atoms with Gasteiger partial charge in [-0.15, -0.1) is 0 Å². The number of halogens is 2. The number of rotatable bonds is 8. The highest BCUT2D eigenvalue weighted by molar-refractivity contribution is 6.31. The van der Waals surface area contributed by atoms with E-state index in [1.807, 2.05) is 6.92 Å². The van der Waals surface area contributed by atoms with Gasteiger partial charge in [-0.2, -0.15) is 0 Å². The Hall–Kier alpha value is -3.39. The van der Waals surface area contributed by atoms with Gasteiger partial charge in [-0.05, 0) is 45.2 Å². The highest BCUT2D eigenvalue weighted by Gasteiger charge is 2.13. The standard InChI is InChI=1S/C21H21ClFN5O2/c1-5-19(28-30-14(3)17(22)8-9-24-4)15-6-7-20(26-10-15)27-21(29)16-11-25-12-18(23)13(16)2/h6-12H,4-5H2,1-3H3,(H,26,27,29)/b9-8-,17-14-,28-19+. The predicted molar refractivity (Wildman–Crippen MR) is 116 cm³/mol. The number of anilines is 1. The van der Waals surface area contributed by atoms with E-state index in [4.69, 9.17) is 16.4 Å². The molecule has 2 rings (SSSR count). The normalized spacial score (nSPS) is 12.5. The Labute approximate surface area is 179 Å². The summed E-state index contributed by atoms with van der Waals surface area (Å²) in [6.45, 7) is 8.43. The van der Waals surface area contributed by atoms with Crippen LogP contribution < -0.4 is 5.32 Å². The lowest BCUT2D eigenvalue weighted by atomic mass is 10.1. The molecule has 0 aromatic carbocycles. The minimum Gasteiger partial charge on any atom is -0.360 e. The predicted octanol–water partition coefficient (Wildman–Crippen LogP) is 4.99. The number of aromatic nitrogens is 2. The number of amides is 1. The Morgan fingerprint density at radius 2 is 2.13 bits per heavy atom. The van der Waals surface area contributed by atoms with E-state index in [0.29, 0.717) is 34.3 Å². The van der Waals surface area contributed by atoms with Crippen molar-refractivity contribution in [3.63, 3.8) is 0 Å². The quantitative estimate of drug-likeness (QED) is 0.277. The number of aliphatic imine (C=N–C) groups is 1. The maximum atomic E-state index is 13.6. The zero-order valence-corrected chi connectivity index (χ0v) is 17.6. The van der Waals surface area contributed by atoms with Gasteiger partial charge in [-0.3, -0.25) is 14.8 Å². The minimum atomic E-state index is -0.546. The van der Waals surface area contributed by atoms with Gasteiger partial charge >= 0.3 is 0 Å². The van der Waals surface area contributed by atoms with E-state index in [-0.39, 0.29) is 11.1 Å². The van der Waals surface area contributed by atoms with Crippen molar-refractivity contribution in [3.05, 3.63) is 76.3 Å². The van der Waals surface area contributed by atoms with Crippen molar-refractivity contribution in [2.45, 2.75) is 27.2 Å². The van der Waals surface area contributed by atoms with Crippen molar-refractivity contribution < 1.29 is 14.0 Å². The van der Waals surface area contributed by atoms with Crippen LogP contribution in [-0.2, 0) is 4.84 Å². The molecule has 0 atom stereocenters. The second-order valence-electron chi connectivity index (χ2n) is 6.07. The van der Waals surface area contributed by atoms with Crippen molar-refractivity contribution in [1.29, 1.82) is 0 Å². The Balaban J connectivity index is 2.13. The number of carbonyl (C=O) groups excluding carboxylic acids is 1. The van der Waals surface area contributed by atoms with Crippen LogP contribution in [0.4, 0.5) is 10.2 Å². The molecule has 0 spiro atoms. The third-order valence-corrected chi connectivity index (χ3v) is 4.42. The van der Waals surface area contributed by atoms with Gasteiger partial charge in [0, 0.05) is 29.7 Å². The summed E-state index contributed by atoms with van der Waals surface area (Å²) < 4.78 is 13.6. The van der Waals surface area contributed by atoms with Crippen LogP contribution in [0.3, 0.4) is 0 Å². The van der Waals surface area contributed by atoms with Crippen molar-refractivity contribution in [1.82, 2.24) is 9.97 Å². The van der Waals surface area contributed by atoms with E-state index in [2.05, 4.69) is 32.2 Å². The van der Waals surface area contributed by atoms with Crippen LogP contribution in [-0.4, -0.2) is 28.3 Å². The van der Waals surface area contributed by atoms with Crippen LogP contribution in [0.5, 0.6) is 0 Å². The molecule has 1 N–H and O–H groups in total. The summed E-state index contributed by atoms with van der Waals surface area (Å²) in [6.07, 6.45) is 7.49. The molecule has 2 heterocycles. The smallest absolute Gasteiger partial charge is 0.258 e. The molecule has 0 radical (unpaired) electrons. The lowest BCUT2D eigenvalue weighted by Crippen LogP contribution is -2.15. The number of hydrogen-bond acceptors (Lipinski definition) is 6. The third-order valence-electron chi connectivity index (χ3n) is 4.03. The van der Waals surface area contributed by atoms with Crippen LogP contribution >= 0.6 is 11.6 Å². The fourth-order valence-corrected chi connectivity index (χ4v) is 2.37. The van der Waals surface area contributed by atoms with Gasteiger partial charge in [0.2, 0.25) is 0 Å². The monoisotopic (exact) mass is 429 g/mol. The first-order valence-corrected chi connectivity index (χ1v) is 9.35. The van der Waals surface area contributed by atoms with Gasteiger partial charge in [0.1, 0.15) is 11.6 Å². The van der Waals surface area contributed by atoms with Crippen molar-refractivity contribution in [2.24, 2.45) is 10.1 Å². The molecular formula is C21H21ClFN5O2. The molecule has 156 valence electrons. The van der Waals surface area contributed by atoms with Crippen LogP contribution in [0.15, 0.2) is 63.9 Å². The lowest BCUT2D eigenvalue weighted by molar-refractivity contribution is 0.102. The second-order valence-corrected chi connectivity index (χ2v) is 6.47. The first kappa shape index (κ1) is 22.9. The van der Waals surface area contributed by atoms with E-state index >= 15 is 0 Å². The molecule has 0 saturated carbocycles. The van der Waals surface area contributed by atoms with E-state index in [1.54, 1.807) is 31.3 Å². The maximum absolute atomic E-state index is 13.6. The molecule has 0 aliphatic carbocycles. The van der Waals surface area contributed by atoms with Crippen molar-refractivity contribution in [2.75, 3.05) is 5.32 Å². The molecule has 0 bridgehead atoms. The number of oxime groups is 1. The van der Waals surface area contributed by atoms with Crippen LogP contribution in [0.25, 0.3) is 0 Å². The largest absolute Gasteiger partial charge is 0.360 e. The molecule has 30 heavy (non-hydrogen) atoms. The van der Waals surface area contributed by atoms with Gasteiger partial charge in [-0.25, -0.2) is 9.37 Å². The molecule has 0 aliphatic heterocycles. The summed E-state index contributed by atoms with van der Waals surface area (Å²) >= 11 is 6.05. The molecule has 9 heteroatoms. The Kier molecular flexibility index (Phi) is 8.37. The van der Waals surface area contributed by atoms with Crippen LogP contribution in [0, 0.1) is 12.7 Å². The highest BCUT2D eigenvalue weighted by Crippen LogP contribution is 2.16. The average molecular weight is 430 g/mol. The first-order valence-electron chi connectivity index (χ1n) is 8.97. The molecule has 2 aromatic heterocycles. The SMILES string of the molecule is C=N/C=C\C(Cl)=C(/C)O/N=C(\CC)c1ccc(NC(=O)c2cncc(F)c2C)nc1. The molecule has 0 fully saturated rings. The van der Waals surface area contributed by atoms with Gasteiger partial charge in [0.15, 0.2) is 5.76 Å². The maximum Gasteiger partial charge on any atom is 0.258 e. The zero-order valence-electron chi connectivity index (χ0n) is 16.8. The average Bonchev–Trinajstić information content (AvgIpc) is 2.75. The minimum absolute atomic E-state index is 0.143. The third kappa shape index (κ3) is 6.05. The summed E-state index contributed by atoms with van der Waals surface area (Å²) in [5.74, 6) is -0.330. The zero-order chi connectivity index (χ0) is 22.1. The summed E-state index contributed by atoms with van der Waals surface area (Å²) in [7, 11) is 0. The summed E-state index contributed by atoms with van der Waals surface area (Å²) in [4.78, 5) is 29.2. The first-order chi connectivity index (χ1) is 14.4. The van der Waals surface area contributed by atoms with E-state index in [9.17, 15) is 9.18 Å². The molecule has 7 nitrogen and oxygen atoms in total. The summed E-state index contributed by atoms with van der Waals surface area (Å²) in [5.41, 5.74) is 1.72.